The van der Waals surface area contributed by atoms with E-state index in [-0.39, 0.29) is 34.3 Å². The summed E-state index contributed by atoms with van der Waals surface area (Å²) in [4.78, 5) is 22.7. The Hall–Kier alpha value is -3.23. The molecular formula is C23H21ClFN5O2. The number of rotatable bonds is 3. The summed E-state index contributed by atoms with van der Waals surface area (Å²) >= 11 is 6.10. The maximum Gasteiger partial charge on any atom is 0.268 e. The fourth-order valence-corrected chi connectivity index (χ4v) is 4.40. The molecule has 2 aliphatic rings. The van der Waals surface area contributed by atoms with E-state index in [1.54, 1.807) is 0 Å². The zero-order valence-corrected chi connectivity index (χ0v) is 18.3. The van der Waals surface area contributed by atoms with E-state index in [1.807, 2.05) is 6.07 Å². The Bertz CT molecular complexity index is 1210. The lowest BCUT2D eigenvalue weighted by Crippen LogP contribution is -2.40. The highest BCUT2D eigenvalue weighted by molar-refractivity contribution is 6.34. The van der Waals surface area contributed by atoms with Gasteiger partial charge < -0.3 is 15.4 Å². The molecule has 3 aromatic rings. The molecule has 2 N–H and O–H groups in total. The van der Waals surface area contributed by atoms with Crippen molar-refractivity contribution in [3.63, 3.8) is 0 Å². The van der Waals surface area contributed by atoms with Gasteiger partial charge in [-0.2, -0.15) is 4.98 Å². The summed E-state index contributed by atoms with van der Waals surface area (Å²) in [5.41, 5.74) is 3.54. The first kappa shape index (κ1) is 20.7. The SMILES string of the molecule is CC1(C)CNCc2cc(Nc3ncc4c(n3)OCN(c3c(F)cccc3Cl)C4=O)ccc21. The second kappa shape index (κ2) is 7.72. The lowest BCUT2D eigenvalue weighted by molar-refractivity contribution is 0.0931. The lowest BCUT2D eigenvalue weighted by Gasteiger charge is -2.33. The standard InChI is InChI=1S/C23H21ClFN5O2/c1-23(2)11-26-9-13-8-14(6-7-16(13)23)28-22-27-10-15-20(29-22)32-12-30(21(15)31)19-17(24)4-3-5-18(19)25/h3-8,10,26H,9,11-12H2,1-2H3,(H,27,28,29). The topological polar surface area (TPSA) is 79.4 Å². The van der Waals surface area contributed by atoms with Gasteiger partial charge in [0.15, 0.2) is 6.73 Å². The highest BCUT2D eigenvalue weighted by Crippen LogP contribution is 2.35. The predicted octanol–water partition coefficient (Wildman–Crippen LogP) is 4.39. The number of nitrogens with one attached hydrogen (secondary N) is 2. The fourth-order valence-electron chi connectivity index (χ4n) is 4.14. The Morgan fingerprint density at radius 1 is 1.28 bits per heavy atom. The Labute approximate surface area is 189 Å². The van der Waals surface area contributed by atoms with Crippen LogP contribution in [0.1, 0.15) is 35.3 Å². The van der Waals surface area contributed by atoms with E-state index >= 15 is 0 Å². The third-order valence-electron chi connectivity index (χ3n) is 5.74. The monoisotopic (exact) mass is 453 g/mol. The third-order valence-corrected chi connectivity index (χ3v) is 6.05. The van der Waals surface area contributed by atoms with Gasteiger partial charge in [0.2, 0.25) is 11.8 Å². The summed E-state index contributed by atoms with van der Waals surface area (Å²) in [7, 11) is 0. The van der Waals surface area contributed by atoms with Gasteiger partial charge >= 0.3 is 0 Å². The van der Waals surface area contributed by atoms with Crippen LogP contribution in [-0.2, 0) is 12.0 Å². The van der Waals surface area contributed by atoms with Gasteiger partial charge in [-0.15, -0.1) is 0 Å². The van der Waals surface area contributed by atoms with Gasteiger partial charge in [-0.25, -0.2) is 9.37 Å². The largest absolute Gasteiger partial charge is 0.455 e. The van der Waals surface area contributed by atoms with E-state index in [9.17, 15) is 9.18 Å². The summed E-state index contributed by atoms with van der Waals surface area (Å²) in [5, 5.41) is 6.73. The molecule has 0 aliphatic carbocycles. The minimum absolute atomic E-state index is 0.0300. The second-order valence-electron chi connectivity index (χ2n) is 8.47. The van der Waals surface area contributed by atoms with Crippen molar-refractivity contribution in [3.8, 4) is 5.88 Å². The zero-order chi connectivity index (χ0) is 22.5. The van der Waals surface area contributed by atoms with E-state index in [1.165, 1.54) is 35.5 Å². The number of ether oxygens (including phenoxy) is 1. The van der Waals surface area contributed by atoms with E-state index in [0.29, 0.717) is 5.95 Å². The van der Waals surface area contributed by atoms with Crippen LogP contribution in [0.3, 0.4) is 0 Å². The van der Waals surface area contributed by atoms with Crippen LogP contribution in [0.4, 0.5) is 21.7 Å². The Morgan fingerprint density at radius 2 is 2.12 bits per heavy atom. The number of hydrogen-bond acceptors (Lipinski definition) is 6. The van der Waals surface area contributed by atoms with Gasteiger partial charge in [0.1, 0.15) is 17.1 Å². The van der Waals surface area contributed by atoms with Crippen molar-refractivity contribution in [2.45, 2.75) is 25.8 Å². The van der Waals surface area contributed by atoms with E-state index < -0.39 is 11.7 Å². The molecule has 32 heavy (non-hydrogen) atoms. The average Bonchev–Trinajstić information content (AvgIpc) is 2.75. The molecule has 2 aromatic carbocycles. The molecule has 0 spiro atoms. The van der Waals surface area contributed by atoms with Crippen LogP contribution in [0.2, 0.25) is 5.02 Å². The summed E-state index contributed by atoms with van der Waals surface area (Å²) < 4.78 is 19.9. The quantitative estimate of drug-likeness (QED) is 0.612. The van der Waals surface area contributed by atoms with Crippen molar-refractivity contribution in [1.29, 1.82) is 0 Å². The predicted molar refractivity (Wildman–Crippen MR) is 120 cm³/mol. The fraction of sp³-hybridized carbons (Fsp3) is 0.261. The molecule has 0 fully saturated rings. The maximum absolute atomic E-state index is 14.3. The van der Waals surface area contributed by atoms with Crippen LogP contribution in [0.5, 0.6) is 5.88 Å². The van der Waals surface area contributed by atoms with E-state index in [2.05, 4.69) is 46.6 Å². The van der Waals surface area contributed by atoms with Crippen molar-refractivity contribution in [1.82, 2.24) is 15.3 Å². The van der Waals surface area contributed by atoms with Crippen LogP contribution in [0.15, 0.2) is 42.6 Å². The number of carbonyl (C=O) groups is 1. The number of nitrogens with zero attached hydrogens (tertiary/aromatic N) is 3. The van der Waals surface area contributed by atoms with Crippen LogP contribution >= 0.6 is 11.6 Å². The van der Waals surface area contributed by atoms with Crippen LogP contribution in [0.25, 0.3) is 0 Å². The number of halogens is 2. The molecule has 1 aromatic heterocycles. The second-order valence-corrected chi connectivity index (χ2v) is 8.88. The summed E-state index contributed by atoms with van der Waals surface area (Å²) in [5.74, 6) is -0.650. The lowest BCUT2D eigenvalue weighted by atomic mass is 9.79. The first-order valence-electron chi connectivity index (χ1n) is 10.2. The van der Waals surface area contributed by atoms with Gasteiger partial charge in [0.25, 0.3) is 5.91 Å². The van der Waals surface area contributed by atoms with Gasteiger partial charge in [-0.05, 0) is 35.4 Å². The molecule has 3 heterocycles. The minimum Gasteiger partial charge on any atom is -0.455 e. The van der Waals surface area contributed by atoms with E-state index in [0.717, 1.165) is 23.7 Å². The molecule has 0 saturated heterocycles. The molecule has 7 nitrogen and oxygen atoms in total. The van der Waals surface area contributed by atoms with Gasteiger partial charge in [-0.3, -0.25) is 9.69 Å². The number of amides is 1. The maximum atomic E-state index is 14.3. The van der Waals surface area contributed by atoms with Crippen molar-refractivity contribution in [2.75, 3.05) is 23.5 Å². The molecular weight excluding hydrogens is 433 g/mol. The molecule has 0 saturated carbocycles. The number of fused-ring (bicyclic) bond motifs is 2. The Balaban J connectivity index is 1.40. The molecule has 9 heteroatoms. The molecule has 1 amide bonds. The number of carbonyl (C=O) groups excluding carboxylic acids is 1. The average molecular weight is 454 g/mol. The number of para-hydroxylation sites is 1. The molecule has 0 unspecified atom stereocenters. The summed E-state index contributed by atoms with van der Waals surface area (Å²) in [6, 6.07) is 10.4. The molecule has 2 aliphatic heterocycles. The molecule has 0 bridgehead atoms. The number of hydrogen-bond donors (Lipinski definition) is 2. The highest BCUT2D eigenvalue weighted by atomic mass is 35.5. The zero-order valence-electron chi connectivity index (χ0n) is 17.6. The molecule has 0 radical (unpaired) electrons. The highest BCUT2D eigenvalue weighted by Gasteiger charge is 2.32. The van der Waals surface area contributed by atoms with Crippen LogP contribution < -0.4 is 20.3 Å². The molecule has 164 valence electrons. The number of benzene rings is 2. The first-order valence-corrected chi connectivity index (χ1v) is 10.6. The molecule has 0 atom stereocenters. The minimum atomic E-state index is -0.609. The summed E-state index contributed by atoms with van der Waals surface area (Å²) in [6.07, 6.45) is 1.37. The first-order chi connectivity index (χ1) is 15.3. The van der Waals surface area contributed by atoms with Crippen molar-refractivity contribution < 1.29 is 13.9 Å². The van der Waals surface area contributed by atoms with Crippen molar-refractivity contribution in [3.05, 3.63) is 70.1 Å². The smallest absolute Gasteiger partial charge is 0.268 e. The van der Waals surface area contributed by atoms with Crippen molar-refractivity contribution >= 4 is 34.8 Å². The number of aromatic nitrogens is 2. The number of anilines is 3. The van der Waals surface area contributed by atoms with Gasteiger partial charge in [0, 0.05) is 30.4 Å². The van der Waals surface area contributed by atoms with Crippen molar-refractivity contribution in [2.24, 2.45) is 0 Å². The summed E-state index contributed by atoms with van der Waals surface area (Å²) in [6.45, 7) is 5.95. The van der Waals surface area contributed by atoms with Crippen LogP contribution in [-0.4, -0.2) is 29.2 Å². The van der Waals surface area contributed by atoms with E-state index in [4.69, 9.17) is 16.3 Å². The molecule has 5 rings (SSSR count). The van der Waals surface area contributed by atoms with Gasteiger partial charge in [-0.1, -0.05) is 37.6 Å². The normalized spacial score (nSPS) is 16.8. The Morgan fingerprint density at radius 3 is 2.94 bits per heavy atom. The Kier molecular flexibility index (Phi) is 4.98. The van der Waals surface area contributed by atoms with Crippen LogP contribution in [0, 0.1) is 5.82 Å². The third kappa shape index (κ3) is 3.55. The van der Waals surface area contributed by atoms with Gasteiger partial charge in [0.05, 0.1) is 5.02 Å².